The lowest BCUT2D eigenvalue weighted by Crippen LogP contribution is -2.50. The number of rotatable bonds is 5. The molecule has 0 aliphatic carbocycles. The lowest BCUT2D eigenvalue weighted by atomic mass is 10.3. The Morgan fingerprint density at radius 1 is 1.32 bits per heavy atom. The van der Waals surface area contributed by atoms with Gasteiger partial charge in [0.05, 0.1) is 10.9 Å². The van der Waals surface area contributed by atoms with Gasteiger partial charge in [0, 0.05) is 31.2 Å². The third kappa shape index (κ3) is 4.31. The minimum Gasteiger partial charge on any atom is -0.339 e. The van der Waals surface area contributed by atoms with E-state index in [1.54, 1.807) is 16.8 Å². The molecule has 0 unspecified atom stereocenters. The van der Waals surface area contributed by atoms with Gasteiger partial charge in [0.25, 0.3) is 0 Å². The number of amides is 1. The second-order valence-corrected chi connectivity index (χ2v) is 7.62. The van der Waals surface area contributed by atoms with Gasteiger partial charge in [-0.1, -0.05) is 36.4 Å². The topological polar surface area (TPSA) is 67.2 Å². The molecule has 0 spiro atoms. The second-order valence-electron chi connectivity index (χ2n) is 5.87. The largest absolute Gasteiger partial charge is 0.339 e. The van der Waals surface area contributed by atoms with E-state index in [1.165, 1.54) is 11.8 Å². The summed E-state index contributed by atoms with van der Waals surface area (Å²) in [6.07, 6.45) is 0. The molecule has 1 aromatic carbocycles. The molecule has 134 valence electrons. The highest BCUT2D eigenvalue weighted by molar-refractivity contribution is 8.00. The maximum absolute atomic E-state index is 12.7. The Morgan fingerprint density at radius 2 is 2.08 bits per heavy atom. The first-order chi connectivity index (χ1) is 12.1. The number of nitrogens with zero attached hydrogens (tertiary/aromatic N) is 6. The SMILES string of the molecule is CCN1CCN(C(=O)[C@H](C)Sc2nnnn2-c2cccc(Cl)c2)CC1. The predicted octanol–water partition coefficient (Wildman–Crippen LogP) is 1.96. The lowest BCUT2D eigenvalue weighted by molar-refractivity contribution is -0.132. The summed E-state index contributed by atoms with van der Waals surface area (Å²) in [5.41, 5.74) is 0.774. The Balaban J connectivity index is 1.67. The third-order valence-electron chi connectivity index (χ3n) is 4.25. The number of carbonyl (C=O) groups excluding carboxylic acids is 1. The van der Waals surface area contributed by atoms with Crippen LogP contribution in [0.4, 0.5) is 0 Å². The van der Waals surface area contributed by atoms with E-state index in [2.05, 4.69) is 27.3 Å². The van der Waals surface area contributed by atoms with Crippen LogP contribution in [0.5, 0.6) is 0 Å². The summed E-state index contributed by atoms with van der Waals surface area (Å²) in [6.45, 7) is 8.48. The highest BCUT2D eigenvalue weighted by Gasteiger charge is 2.26. The van der Waals surface area contributed by atoms with Crippen LogP contribution in [0.15, 0.2) is 29.4 Å². The van der Waals surface area contributed by atoms with Crippen LogP contribution < -0.4 is 0 Å². The van der Waals surface area contributed by atoms with E-state index >= 15 is 0 Å². The Morgan fingerprint density at radius 3 is 2.76 bits per heavy atom. The number of thioether (sulfide) groups is 1. The van der Waals surface area contributed by atoms with Crippen LogP contribution in [-0.2, 0) is 4.79 Å². The van der Waals surface area contributed by atoms with Crippen LogP contribution in [0.3, 0.4) is 0 Å². The van der Waals surface area contributed by atoms with Crippen LogP contribution in [0.1, 0.15) is 13.8 Å². The standard InChI is InChI=1S/C16H21ClN6OS/c1-3-21-7-9-22(10-8-21)15(24)12(2)25-16-18-19-20-23(16)14-6-4-5-13(17)11-14/h4-6,11-12H,3,7-10H2,1-2H3/t12-/m0/s1. The first-order valence-corrected chi connectivity index (χ1v) is 9.56. The molecule has 1 aromatic heterocycles. The second kappa shape index (κ2) is 8.16. The zero-order valence-corrected chi connectivity index (χ0v) is 15.9. The van der Waals surface area contributed by atoms with Gasteiger partial charge in [-0.25, -0.2) is 0 Å². The highest BCUT2D eigenvalue weighted by Crippen LogP contribution is 2.25. The van der Waals surface area contributed by atoms with E-state index in [0.717, 1.165) is 38.4 Å². The number of hydrogen-bond donors (Lipinski definition) is 0. The summed E-state index contributed by atoms with van der Waals surface area (Å²) >= 11 is 7.41. The molecule has 0 N–H and O–H groups in total. The fraction of sp³-hybridized carbons (Fsp3) is 0.500. The van der Waals surface area contributed by atoms with Crippen LogP contribution in [0.2, 0.25) is 5.02 Å². The Kier molecular flexibility index (Phi) is 5.93. The van der Waals surface area contributed by atoms with Gasteiger partial charge in [0.2, 0.25) is 11.1 Å². The van der Waals surface area contributed by atoms with Gasteiger partial charge in [0.1, 0.15) is 0 Å². The molecule has 0 radical (unpaired) electrons. The van der Waals surface area contributed by atoms with Crippen molar-refractivity contribution in [1.82, 2.24) is 30.0 Å². The van der Waals surface area contributed by atoms with Gasteiger partial charge in [-0.15, -0.1) is 5.10 Å². The molecule has 7 nitrogen and oxygen atoms in total. The molecular weight excluding hydrogens is 360 g/mol. The number of halogens is 1. The molecule has 1 aliphatic heterocycles. The minimum absolute atomic E-state index is 0.126. The van der Waals surface area contributed by atoms with Crippen molar-refractivity contribution in [2.75, 3.05) is 32.7 Å². The average Bonchev–Trinajstić information content (AvgIpc) is 3.09. The van der Waals surface area contributed by atoms with Crippen molar-refractivity contribution < 1.29 is 4.79 Å². The number of likely N-dealkylation sites (N-methyl/N-ethyl adjacent to an activating group) is 1. The van der Waals surface area contributed by atoms with Gasteiger partial charge < -0.3 is 9.80 Å². The molecule has 2 heterocycles. The van der Waals surface area contributed by atoms with E-state index in [-0.39, 0.29) is 11.2 Å². The Hall–Kier alpha value is -1.64. The molecule has 9 heteroatoms. The zero-order chi connectivity index (χ0) is 17.8. The van der Waals surface area contributed by atoms with Crippen molar-refractivity contribution in [1.29, 1.82) is 0 Å². The van der Waals surface area contributed by atoms with Gasteiger partial charge in [-0.3, -0.25) is 4.79 Å². The molecule has 0 saturated carbocycles. The lowest BCUT2D eigenvalue weighted by Gasteiger charge is -2.35. The summed E-state index contributed by atoms with van der Waals surface area (Å²) in [5, 5.41) is 12.8. The normalized spacial score (nSPS) is 16.8. The number of aromatic nitrogens is 4. The molecule has 1 fully saturated rings. The van der Waals surface area contributed by atoms with E-state index in [1.807, 2.05) is 24.0 Å². The zero-order valence-electron chi connectivity index (χ0n) is 14.3. The summed E-state index contributed by atoms with van der Waals surface area (Å²) in [7, 11) is 0. The molecule has 1 saturated heterocycles. The van der Waals surface area contributed by atoms with Crippen molar-refractivity contribution in [3.8, 4) is 5.69 Å². The summed E-state index contributed by atoms with van der Waals surface area (Å²) < 4.78 is 1.61. The Labute approximate surface area is 156 Å². The molecule has 0 bridgehead atoms. The molecule has 25 heavy (non-hydrogen) atoms. The summed E-state index contributed by atoms with van der Waals surface area (Å²) in [4.78, 5) is 17.0. The van der Waals surface area contributed by atoms with Gasteiger partial charge in [0.15, 0.2) is 0 Å². The fourth-order valence-electron chi connectivity index (χ4n) is 2.77. The number of piperazine rings is 1. The minimum atomic E-state index is -0.253. The number of hydrogen-bond acceptors (Lipinski definition) is 6. The quantitative estimate of drug-likeness (QED) is 0.739. The van der Waals surface area contributed by atoms with Gasteiger partial charge in [-0.05, 0) is 42.1 Å². The highest BCUT2D eigenvalue weighted by atomic mass is 35.5. The van der Waals surface area contributed by atoms with Crippen LogP contribution >= 0.6 is 23.4 Å². The van der Waals surface area contributed by atoms with E-state index in [9.17, 15) is 4.79 Å². The van der Waals surface area contributed by atoms with Crippen LogP contribution in [0.25, 0.3) is 5.69 Å². The van der Waals surface area contributed by atoms with E-state index < -0.39 is 0 Å². The summed E-state index contributed by atoms with van der Waals surface area (Å²) in [6, 6.07) is 7.31. The number of carbonyl (C=O) groups is 1. The van der Waals surface area contributed by atoms with Crippen molar-refractivity contribution in [3.63, 3.8) is 0 Å². The maximum Gasteiger partial charge on any atom is 0.235 e. The van der Waals surface area contributed by atoms with Crippen LogP contribution in [-0.4, -0.2) is 73.9 Å². The summed E-state index contributed by atoms with van der Waals surface area (Å²) in [5.74, 6) is 0.126. The molecular formula is C16H21ClN6OS. The van der Waals surface area contributed by atoms with Crippen LogP contribution in [0, 0.1) is 0 Å². The third-order valence-corrected chi connectivity index (χ3v) is 5.51. The monoisotopic (exact) mass is 380 g/mol. The predicted molar refractivity (Wildman–Crippen MR) is 98.2 cm³/mol. The average molecular weight is 381 g/mol. The maximum atomic E-state index is 12.7. The molecule has 1 aliphatic rings. The van der Waals surface area contributed by atoms with Gasteiger partial charge >= 0.3 is 0 Å². The molecule has 1 atom stereocenters. The molecule has 1 amide bonds. The van der Waals surface area contributed by atoms with Crippen molar-refractivity contribution in [3.05, 3.63) is 29.3 Å². The smallest absolute Gasteiger partial charge is 0.235 e. The first kappa shape index (κ1) is 18.2. The molecule has 3 rings (SSSR count). The van der Waals surface area contributed by atoms with Gasteiger partial charge in [-0.2, -0.15) is 4.68 Å². The Bertz CT molecular complexity index is 731. The van der Waals surface area contributed by atoms with E-state index in [4.69, 9.17) is 11.6 Å². The van der Waals surface area contributed by atoms with Crippen molar-refractivity contribution >= 4 is 29.3 Å². The molecule has 2 aromatic rings. The number of benzene rings is 1. The first-order valence-electron chi connectivity index (χ1n) is 8.30. The fourth-order valence-corrected chi connectivity index (χ4v) is 3.85. The van der Waals surface area contributed by atoms with Crippen molar-refractivity contribution in [2.24, 2.45) is 0 Å². The van der Waals surface area contributed by atoms with Crippen molar-refractivity contribution in [2.45, 2.75) is 24.3 Å². The van der Waals surface area contributed by atoms with E-state index in [0.29, 0.717) is 10.2 Å². The number of tetrazole rings is 1.